The SMILES string of the molecule is NCC(Cl)Cl.O=C(O)c1cccnc1. The maximum atomic E-state index is 10.2. The van der Waals surface area contributed by atoms with E-state index in [1.807, 2.05) is 0 Å². The zero-order chi connectivity index (χ0) is 11.0. The molecule has 0 spiro atoms. The van der Waals surface area contributed by atoms with Crippen molar-refractivity contribution in [1.29, 1.82) is 0 Å². The van der Waals surface area contributed by atoms with Crippen molar-refractivity contribution >= 4 is 29.2 Å². The fraction of sp³-hybridized carbons (Fsp3) is 0.250. The quantitative estimate of drug-likeness (QED) is 0.764. The number of carboxylic acids is 1. The number of halogens is 2. The van der Waals surface area contributed by atoms with Gasteiger partial charge >= 0.3 is 5.97 Å². The molecule has 14 heavy (non-hydrogen) atoms. The Balaban J connectivity index is 0.000000292. The first kappa shape index (κ1) is 13.2. The molecule has 3 N–H and O–H groups in total. The molecule has 0 aliphatic rings. The molecule has 1 rings (SSSR count). The van der Waals surface area contributed by atoms with E-state index in [0.29, 0.717) is 6.54 Å². The van der Waals surface area contributed by atoms with Crippen LogP contribution in [0.1, 0.15) is 10.4 Å². The largest absolute Gasteiger partial charge is 0.478 e. The highest BCUT2D eigenvalue weighted by atomic mass is 35.5. The van der Waals surface area contributed by atoms with Gasteiger partial charge in [-0.2, -0.15) is 0 Å². The number of carboxylic acid groups (broad SMARTS) is 1. The minimum absolute atomic E-state index is 0.220. The summed E-state index contributed by atoms with van der Waals surface area (Å²) in [7, 11) is 0. The van der Waals surface area contributed by atoms with Crippen LogP contribution < -0.4 is 5.73 Å². The maximum Gasteiger partial charge on any atom is 0.337 e. The molecule has 0 unspecified atom stereocenters. The van der Waals surface area contributed by atoms with Gasteiger partial charge in [0.25, 0.3) is 0 Å². The predicted molar refractivity (Wildman–Crippen MR) is 55.7 cm³/mol. The third kappa shape index (κ3) is 6.65. The van der Waals surface area contributed by atoms with Crippen LogP contribution in [0.3, 0.4) is 0 Å². The van der Waals surface area contributed by atoms with E-state index < -0.39 is 10.8 Å². The van der Waals surface area contributed by atoms with E-state index in [4.69, 9.17) is 34.0 Å². The van der Waals surface area contributed by atoms with Crippen LogP contribution in [0.4, 0.5) is 0 Å². The number of carbonyl (C=O) groups is 1. The van der Waals surface area contributed by atoms with Crippen LogP contribution in [-0.4, -0.2) is 27.4 Å². The molecule has 1 aromatic heterocycles. The van der Waals surface area contributed by atoms with E-state index in [9.17, 15) is 4.79 Å². The molecule has 4 nitrogen and oxygen atoms in total. The zero-order valence-electron chi connectivity index (χ0n) is 7.23. The van der Waals surface area contributed by atoms with Gasteiger partial charge in [0.2, 0.25) is 0 Å². The molecule has 0 aliphatic carbocycles. The molecule has 1 aromatic rings. The van der Waals surface area contributed by atoms with Crippen molar-refractivity contribution in [2.75, 3.05) is 6.54 Å². The smallest absolute Gasteiger partial charge is 0.337 e. The van der Waals surface area contributed by atoms with Gasteiger partial charge < -0.3 is 10.8 Å². The molecule has 0 fully saturated rings. The number of nitrogens with two attached hydrogens (primary N) is 1. The average molecular weight is 237 g/mol. The van der Waals surface area contributed by atoms with Crippen LogP contribution in [0.15, 0.2) is 24.5 Å². The van der Waals surface area contributed by atoms with Gasteiger partial charge in [-0.15, -0.1) is 23.2 Å². The summed E-state index contributed by atoms with van der Waals surface area (Å²) in [6.45, 7) is 0.336. The number of pyridine rings is 1. The lowest BCUT2D eigenvalue weighted by molar-refractivity contribution is 0.0696. The van der Waals surface area contributed by atoms with Gasteiger partial charge in [0.1, 0.15) is 4.84 Å². The first-order valence-corrected chi connectivity index (χ1v) is 4.56. The second kappa shape index (κ2) is 7.55. The Hall–Kier alpha value is -0.840. The molecule has 0 saturated heterocycles. The molecule has 0 aliphatic heterocycles. The lowest BCUT2D eigenvalue weighted by Gasteiger charge is -1.87. The number of rotatable bonds is 2. The summed E-state index contributed by atoms with van der Waals surface area (Å²) in [5.74, 6) is -0.942. The topological polar surface area (TPSA) is 76.2 Å². The predicted octanol–water partition coefficient (Wildman–Crippen LogP) is 1.53. The molecule has 0 atom stereocenters. The Labute approximate surface area is 91.7 Å². The van der Waals surface area contributed by atoms with Crippen molar-refractivity contribution in [2.24, 2.45) is 5.73 Å². The molecule has 0 amide bonds. The van der Waals surface area contributed by atoms with Crippen LogP contribution in [0.2, 0.25) is 0 Å². The van der Waals surface area contributed by atoms with E-state index in [1.165, 1.54) is 18.5 Å². The van der Waals surface area contributed by atoms with Gasteiger partial charge in [-0.3, -0.25) is 4.98 Å². The summed E-state index contributed by atoms with van der Waals surface area (Å²) in [5.41, 5.74) is 5.13. The van der Waals surface area contributed by atoms with E-state index >= 15 is 0 Å². The average Bonchev–Trinajstić information content (AvgIpc) is 2.20. The van der Waals surface area contributed by atoms with Crippen molar-refractivity contribution in [3.63, 3.8) is 0 Å². The summed E-state index contributed by atoms with van der Waals surface area (Å²) in [6, 6.07) is 3.08. The summed E-state index contributed by atoms with van der Waals surface area (Å²) < 4.78 is 0. The highest BCUT2D eigenvalue weighted by Crippen LogP contribution is 1.95. The number of hydrogen-bond acceptors (Lipinski definition) is 3. The molecule has 0 radical (unpaired) electrons. The molecule has 0 saturated carbocycles. The van der Waals surface area contributed by atoms with Crippen LogP contribution in [-0.2, 0) is 0 Å². The number of aromatic nitrogens is 1. The van der Waals surface area contributed by atoms with Gasteiger partial charge in [0.15, 0.2) is 0 Å². The number of hydrogen-bond donors (Lipinski definition) is 2. The summed E-state index contributed by atoms with van der Waals surface area (Å²) in [4.78, 5) is 13.4. The highest BCUT2D eigenvalue weighted by Gasteiger charge is 1.97. The Morgan fingerprint density at radius 3 is 2.43 bits per heavy atom. The van der Waals surface area contributed by atoms with Crippen molar-refractivity contribution in [1.82, 2.24) is 4.98 Å². The highest BCUT2D eigenvalue weighted by molar-refractivity contribution is 6.44. The van der Waals surface area contributed by atoms with Crippen LogP contribution in [0.25, 0.3) is 0 Å². The third-order valence-corrected chi connectivity index (χ3v) is 1.44. The lowest BCUT2D eigenvalue weighted by Crippen LogP contribution is -2.06. The first-order valence-electron chi connectivity index (χ1n) is 3.69. The molecular weight excluding hydrogens is 227 g/mol. The maximum absolute atomic E-state index is 10.2. The second-order valence-electron chi connectivity index (χ2n) is 2.17. The number of nitrogens with zero attached hydrogens (tertiary/aromatic N) is 1. The monoisotopic (exact) mass is 236 g/mol. The van der Waals surface area contributed by atoms with Crippen LogP contribution >= 0.6 is 23.2 Å². The normalized spacial score (nSPS) is 9.14. The van der Waals surface area contributed by atoms with Crippen LogP contribution in [0, 0.1) is 0 Å². The van der Waals surface area contributed by atoms with Gasteiger partial charge in [-0.05, 0) is 12.1 Å². The number of aromatic carboxylic acids is 1. The van der Waals surface area contributed by atoms with Crippen molar-refractivity contribution in [3.05, 3.63) is 30.1 Å². The van der Waals surface area contributed by atoms with E-state index in [0.717, 1.165) is 0 Å². The summed E-state index contributed by atoms with van der Waals surface area (Å²) in [6.07, 6.45) is 2.84. The molecule has 78 valence electrons. The minimum Gasteiger partial charge on any atom is -0.478 e. The Morgan fingerprint density at radius 2 is 2.21 bits per heavy atom. The Morgan fingerprint density at radius 1 is 1.64 bits per heavy atom. The fourth-order valence-electron chi connectivity index (χ4n) is 0.489. The molecule has 0 aromatic carbocycles. The fourth-order valence-corrected chi connectivity index (χ4v) is 0.489. The van der Waals surface area contributed by atoms with E-state index in [2.05, 4.69) is 4.98 Å². The third-order valence-electron chi connectivity index (χ3n) is 1.09. The molecular formula is C8H10Cl2N2O2. The van der Waals surface area contributed by atoms with Crippen molar-refractivity contribution in [3.8, 4) is 0 Å². The molecule has 6 heteroatoms. The summed E-state index contributed by atoms with van der Waals surface area (Å²) >= 11 is 10.2. The lowest BCUT2D eigenvalue weighted by atomic mass is 10.3. The van der Waals surface area contributed by atoms with Crippen molar-refractivity contribution in [2.45, 2.75) is 4.84 Å². The van der Waals surface area contributed by atoms with E-state index in [1.54, 1.807) is 6.07 Å². The second-order valence-corrected chi connectivity index (χ2v) is 3.45. The van der Waals surface area contributed by atoms with Gasteiger partial charge in [0.05, 0.1) is 5.56 Å². The molecule has 1 heterocycles. The van der Waals surface area contributed by atoms with Crippen molar-refractivity contribution < 1.29 is 9.90 Å². The van der Waals surface area contributed by atoms with Gasteiger partial charge in [0, 0.05) is 18.9 Å². The van der Waals surface area contributed by atoms with Gasteiger partial charge in [-0.25, -0.2) is 4.79 Å². The van der Waals surface area contributed by atoms with Gasteiger partial charge in [-0.1, -0.05) is 0 Å². The summed E-state index contributed by atoms with van der Waals surface area (Å²) in [5, 5.41) is 8.34. The molecule has 0 bridgehead atoms. The standard InChI is InChI=1S/C6H5NO2.C2H5Cl2N/c8-6(9)5-2-1-3-7-4-5;3-2(4)1-5/h1-4H,(H,8,9);2H,1,5H2. The van der Waals surface area contributed by atoms with Crippen LogP contribution in [0.5, 0.6) is 0 Å². The Bertz CT molecular complexity index is 267. The number of alkyl halides is 2. The van der Waals surface area contributed by atoms with E-state index in [-0.39, 0.29) is 5.56 Å². The Kier molecular flexibility index (Phi) is 7.10. The first-order chi connectivity index (χ1) is 6.57. The minimum atomic E-state index is -0.942. The zero-order valence-corrected chi connectivity index (χ0v) is 8.74.